The van der Waals surface area contributed by atoms with E-state index in [9.17, 15) is 0 Å². The Labute approximate surface area is 129 Å². The molecule has 106 valence electrons. The van der Waals surface area contributed by atoms with Crippen LogP contribution in [0.1, 0.15) is 29.7 Å². The molecule has 0 aromatic heterocycles. The molecule has 0 aliphatic rings. The van der Waals surface area contributed by atoms with E-state index in [-0.39, 0.29) is 6.04 Å². The topological polar surface area (TPSA) is 21.3 Å². The molecule has 2 aromatic rings. The van der Waals surface area contributed by atoms with Gasteiger partial charge in [-0.15, -0.1) is 0 Å². The molecule has 2 nitrogen and oxygen atoms in total. The van der Waals surface area contributed by atoms with Crippen LogP contribution >= 0.6 is 15.9 Å². The first kappa shape index (κ1) is 15.1. The van der Waals surface area contributed by atoms with Gasteiger partial charge >= 0.3 is 0 Å². The summed E-state index contributed by atoms with van der Waals surface area (Å²) in [5.41, 5.74) is 3.54. The number of benzene rings is 2. The first-order chi connectivity index (χ1) is 9.51. The summed E-state index contributed by atoms with van der Waals surface area (Å²) in [6, 6.07) is 12.6. The van der Waals surface area contributed by atoms with Gasteiger partial charge in [0.15, 0.2) is 0 Å². The third kappa shape index (κ3) is 3.41. The van der Waals surface area contributed by atoms with Crippen LogP contribution in [0.15, 0.2) is 40.9 Å². The third-order valence-electron chi connectivity index (χ3n) is 3.43. The van der Waals surface area contributed by atoms with Gasteiger partial charge in [-0.25, -0.2) is 0 Å². The van der Waals surface area contributed by atoms with E-state index in [0.29, 0.717) is 0 Å². The Balaban J connectivity index is 2.39. The maximum absolute atomic E-state index is 6.13. The molecule has 1 N–H and O–H groups in total. The van der Waals surface area contributed by atoms with Gasteiger partial charge in [0.1, 0.15) is 11.5 Å². The second-order valence-corrected chi connectivity index (χ2v) is 5.98. The standard InChI is InChI=1S/C17H20BrNO/c1-11-5-8-16(12(2)9-11)20-17-10-14(18)6-7-15(17)13(3)19-4/h5-10,13,19H,1-4H3. The summed E-state index contributed by atoms with van der Waals surface area (Å²) >= 11 is 3.51. The molecule has 0 aliphatic heterocycles. The number of rotatable bonds is 4. The predicted molar refractivity (Wildman–Crippen MR) is 87.6 cm³/mol. The Morgan fingerprint density at radius 3 is 2.45 bits per heavy atom. The van der Waals surface area contributed by atoms with Crippen LogP contribution in [0.2, 0.25) is 0 Å². The van der Waals surface area contributed by atoms with E-state index in [1.807, 2.05) is 25.2 Å². The molecular weight excluding hydrogens is 314 g/mol. The Hall–Kier alpha value is -1.32. The van der Waals surface area contributed by atoms with E-state index >= 15 is 0 Å². The lowest BCUT2D eigenvalue weighted by molar-refractivity contribution is 0.462. The average Bonchev–Trinajstić information content (AvgIpc) is 2.41. The van der Waals surface area contributed by atoms with Gasteiger partial charge in [0.2, 0.25) is 0 Å². The molecule has 1 atom stereocenters. The number of aryl methyl sites for hydroxylation is 2. The molecule has 0 amide bonds. The van der Waals surface area contributed by atoms with Gasteiger partial charge in [-0.3, -0.25) is 0 Å². The molecule has 0 radical (unpaired) electrons. The van der Waals surface area contributed by atoms with E-state index in [2.05, 4.69) is 60.2 Å². The number of ether oxygens (including phenoxy) is 1. The summed E-state index contributed by atoms with van der Waals surface area (Å²) in [6.07, 6.45) is 0. The lowest BCUT2D eigenvalue weighted by Gasteiger charge is -2.18. The smallest absolute Gasteiger partial charge is 0.133 e. The van der Waals surface area contributed by atoms with Gasteiger partial charge in [0.05, 0.1) is 0 Å². The minimum Gasteiger partial charge on any atom is -0.457 e. The highest BCUT2D eigenvalue weighted by Gasteiger charge is 2.12. The quantitative estimate of drug-likeness (QED) is 0.836. The fraction of sp³-hybridized carbons (Fsp3) is 0.294. The Kier molecular flexibility index (Phi) is 4.84. The molecule has 1 unspecified atom stereocenters. The van der Waals surface area contributed by atoms with Crippen molar-refractivity contribution in [3.63, 3.8) is 0 Å². The van der Waals surface area contributed by atoms with Crippen LogP contribution < -0.4 is 10.1 Å². The molecule has 0 saturated heterocycles. The molecule has 2 aromatic carbocycles. The van der Waals surface area contributed by atoms with Crippen LogP contribution in [0, 0.1) is 13.8 Å². The van der Waals surface area contributed by atoms with Crippen molar-refractivity contribution in [3.05, 3.63) is 57.6 Å². The molecule has 0 fully saturated rings. The molecule has 20 heavy (non-hydrogen) atoms. The predicted octanol–water partition coefficient (Wildman–Crippen LogP) is 5.14. The molecule has 0 aliphatic carbocycles. The molecule has 0 heterocycles. The minimum atomic E-state index is 0.240. The van der Waals surface area contributed by atoms with Gasteiger partial charge in [-0.1, -0.05) is 39.7 Å². The minimum absolute atomic E-state index is 0.240. The number of halogens is 1. The van der Waals surface area contributed by atoms with E-state index in [1.165, 1.54) is 5.56 Å². The van der Waals surface area contributed by atoms with Crippen LogP contribution in [0.5, 0.6) is 11.5 Å². The third-order valence-corrected chi connectivity index (χ3v) is 3.92. The summed E-state index contributed by atoms with van der Waals surface area (Å²) < 4.78 is 7.15. The van der Waals surface area contributed by atoms with Crippen LogP contribution in [0.4, 0.5) is 0 Å². The zero-order valence-electron chi connectivity index (χ0n) is 12.3. The molecular formula is C17H20BrNO. The van der Waals surface area contributed by atoms with E-state index in [4.69, 9.17) is 4.74 Å². The van der Waals surface area contributed by atoms with Gasteiger partial charge < -0.3 is 10.1 Å². The zero-order valence-corrected chi connectivity index (χ0v) is 13.9. The molecule has 2 rings (SSSR count). The number of hydrogen-bond donors (Lipinski definition) is 1. The highest BCUT2D eigenvalue weighted by molar-refractivity contribution is 9.10. The maximum atomic E-state index is 6.13. The lowest BCUT2D eigenvalue weighted by Crippen LogP contribution is -2.13. The summed E-state index contributed by atoms with van der Waals surface area (Å²) in [5, 5.41) is 3.26. The Morgan fingerprint density at radius 1 is 1.05 bits per heavy atom. The Bertz CT molecular complexity index is 610. The molecule has 0 bridgehead atoms. The zero-order chi connectivity index (χ0) is 14.7. The largest absolute Gasteiger partial charge is 0.457 e. The second kappa shape index (κ2) is 6.42. The maximum Gasteiger partial charge on any atom is 0.133 e. The van der Waals surface area contributed by atoms with Crippen LogP contribution in [-0.2, 0) is 0 Å². The van der Waals surface area contributed by atoms with Crippen LogP contribution in [0.25, 0.3) is 0 Å². The SMILES string of the molecule is CNC(C)c1ccc(Br)cc1Oc1ccc(C)cc1C. The van der Waals surface area contributed by atoms with Gasteiger partial charge in [0.25, 0.3) is 0 Å². The van der Waals surface area contributed by atoms with Crippen LogP contribution in [0.3, 0.4) is 0 Å². The van der Waals surface area contributed by atoms with Crippen molar-refractivity contribution in [2.45, 2.75) is 26.8 Å². The summed E-state index contributed by atoms with van der Waals surface area (Å²) in [7, 11) is 1.95. The number of nitrogens with one attached hydrogen (secondary N) is 1. The summed E-state index contributed by atoms with van der Waals surface area (Å²) in [5.74, 6) is 1.78. The fourth-order valence-electron chi connectivity index (χ4n) is 2.14. The van der Waals surface area contributed by atoms with Crippen LogP contribution in [-0.4, -0.2) is 7.05 Å². The van der Waals surface area contributed by atoms with Crippen molar-refractivity contribution in [2.75, 3.05) is 7.05 Å². The van der Waals surface area contributed by atoms with E-state index in [1.54, 1.807) is 0 Å². The van der Waals surface area contributed by atoms with Crippen molar-refractivity contribution in [2.24, 2.45) is 0 Å². The van der Waals surface area contributed by atoms with Crippen molar-refractivity contribution in [3.8, 4) is 11.5 Å². The molecule has 0 saturated carbocycles. The number of hydrogen-bond acceptors (Lipinski definition) is 2. The first-order valence-corrected chi connectivity index (χ1v) is 7.52. The summed E-state index contributed by atoms with van der Waals surface area (Å²) in [6.45, 7) is 6.28. The van der Waals surface area contributed by atoms with Gasteiger partial charge in [-0.05, 0) is 51.6 Å². The van der Waals surface area contributed by atoms with Crippen molar-refractivity contribution >= 4 is 15.9 Å². The van der Waals surface area contributed by atoms with Gasteiger partial charge in [-0.2, -0.15) is 0 Å². The Morgan fingerprint density at radius 2 is 1.80 bits per heavy atom. The van der Waals surface area contributed by atoms with Crippen molar-refractivity contribution < 1.29 is 4.74 Å². The molecule has 0 spiro atoms. The fourth-order valence-corrected chi connectivity index (χ4v) is 2.48. The first-order valence-electron chi connectivity index (χ1n) is 6.73. The summed E-state index contributed by atoms with van der Waals surface area (Å²) in [4.78, 5) is 0. The van der Waals surface area contributed by atoms with Crippen molar-refractivity contribution in [1.82, 2.24) is 5.32 Å². The average molecular weight is 334 g/mol. The van der Waals surface area contributed by atoms with E-state index < -0.39 is 0 Å². The highest BCUT2D eigenvalue weighted by Crippen LogP contribution is 2.33. The van der Waals surface area contributed by atoms with E-state index in [0.717, 1.165) is 27.1 Å². The van der Waals surface area contributed by atoms with Gasteiger partial charge in [0, 0.05) is 16.1 Å². The highest BCUT2D eigenvalue weighted by atomic mass is 79.9. The monoisotopic (exact) mass is 333 g/mol. The van der Waals surface area contributed by atoms with Crippen molar-refractivity contribution in [1.29, 1.82) is 0 Å². The lowest BCUT2D eigenvalue weighted by atomic mass is 10.1. The second-order valence-electron chi connectivity index (χ2n) is 5.06. The molecule has 3 heteroatoms. The normalized spacial score (nSPS) is 12.2.